The van der Waals surface area contributed by atoms with Crippen molar-refractivity contribution in [3.63, 3.8) is 0 Å². The Morgan fingerprint density at radius 3 is 2.52 bits per heavy atom. The number of aromatic amines is 1. The first-order valence-corrected chi connectivity index (χ1v) is 9.72. The molecule has 0 aliphatic heterocycles. The number of halogens is 2. The average molecular weight is 420 g/mol. The van der Waals surface area contributed by atoms with E-state index >= 15 is 0 Å². The van der Waals surface area contributed by atoms with Gasteiger partial charge in [-0.25, -0.2) is 5.10 Å². The summed E-state index contributed by atoms with van der Waals surface area (Å²) in [5.41, 5.74) is 2.78. The molecule has 1 N–H and O–H groups in total. The third kappa shape index (κ3) is 4.24. The lowest BCUT2D eigenvalue weighted by Crippen LogP contribution is -2.21. The van der Waals surface area contributed by atoms with E-state index in [0.717, 1.165) is 18.7 Å². The highest BCUT2D eigenvalue weighted by molar-refractivity contribution is 7.71. The van der Waals surface area contributed by atoms with E-state index in [4.69, 9.17) is 35.4 Å². The number of rotatable bonds is 6. The Hall–Kier alpha value is -2.15. The van der Waals surface area contributed by atoms with Crippen molar-refractivity contribution in [1.29, 1.82) is 0 Å². The first-order chi connectivity index (χ1) is 13.0. The molecule has 0 amide bonds. The molecule has 0 saturated carbocycles. The molecule has 0 atom stereocenters. The van der Waals surface area contributed by atoms with E-state index in [1.807, 2.05) is 24.3 Å². The number of aromatic nitrogens is 3. The van der Waals surface area contributed by atoms with Gasteiger partial charge < -0.3 is 4.90 Å². The lowest BCUT2D eigenvalue weighted by molar-refractivity contribution is 0.864. The van der Waals surface area contributed by atoms with Crippen molar-refractivity contribution in [2.45, 2.75) is 13.8 Å². The van der Waals surface area contributed by atoms with Crippen LogP contribution in [0.3, 0.4) is 0 Å². The van der Waals surface area contributed by atoms with Crippen molar-refractivity contribution in [2.75, 3.05) is 18.0 Å². The van der Waals surface area contributed by atoms with E-state index in [2.05, 4.69) is 46.2 Å². The molecule has 8 heteroatoms. The molecule has 0 saturated heterocycles. The van der Waals surface area contributed by atoms with Gasteiger partial charge in [-0.15, -0.1) is 0 Å². The van der Waals surface area contributed by atoms with Crippen molar-refractivity contribution >= 4 is 47.3 Å². The van der Waals surface area contributed by atoms with Crippen LogP contribution in [-0.4, -0.2) is 34.2 Å². The van der Waals surface area contributed by atoms with Crippen LogP contribution in [-0.2, 0) is 0 Å². The molecular weight excluding hydrogens is 401 g/mol. The maximum Gasteiger partial charge on any atom is 0.216 e. The molecule has 3 aromatic rings. The fraction of sp³-hybridized carbons (Fsp3) is 0.211. The zero-order valence-corrected chi connectivity index (χ0v) is 17.3. The van der Waals surface area contributed by atoms with Crippen molar-refractivity contribution in [3.8, 4) is 11.4 Å². The first kappa shape index (κ1) is 19.6. The van der Waals surface area contributed by atoms with Crippen LogP contribution in [0.5, 0.6) is 0 Å². The van der Waals surface area contributed by atoms with Crippen LogP contribution in [0.4, 0.5) is 5.69 Å². The monoisotopic (exact) mass is 419 g/mol. The molecule has 5 nitrogen and oxygen atoms in total. The summed E-state index contributed by atoms with van der Waals surface area (Å²) in [7, 11) is 0. The van der Waals surface area contributed by atoms with Crippen LogP contribution < -0.4 is 4.90 Å². The van der Waals surface area contributed by atoms with Crippen LogP contribution in [0, 0.1) is 4.77 Å². The maximum absolute atomic E-state index is 6.22. The van der Waals surface area contributed by atoms with E-state index in [0.29, 0.717) is 26.2 Å². The van der Waals surface area contributed by atoms with Crippen molar-refractivity contribution < 1.29 is 0 Å². The minimum absolute atomic E-state index is 0.396. The molecule has 0 radical (unpaired) electrons. The summed E-state index contributed by atoms with van der Waals surface area (Å²) >= 11 is 17.6. The molecule has 0 spiro atoms. The van der Waals surface area contributed by atoms with E-state index in [9.17, 15) is 0 Å². The standard InChI is InChI=1S/C19H19Cl2N5S/c1-3-25(4-2)15-10-8-13(9-11-15)18-23-24-19(27)26(18)22-12-14-6-5-7-16(20)17(14)21/h5-12H,3-4H2,1-2H3,(H,24,27). The molecule has 1 heterocycles. The van der Waals surface area contributed by atoms with Gasteiger partial charge in [0, 0.05) is 29.9 Å². The van der Waals surface area contributed by atoms with E-state index < -0.39 is 0 Å². The summed E-state index contributed by atoms with van der Waals surface area (Å²) in [5.74, 6) is 0.625. The Bertz CT molecular complexity index is 1000. The lowest BCUT2D eigenvalue weighted by atomic mass is 10.2. The molecule has 3 rings (SSSR count). The van der Waals surface area contributed by atoms with Crippen LogP contribution >= 0.6 is 35.4 Å². The fourth-order valence-electron chi connectivity index (χ4n) is 2.74. The second kappa shape index (κ2) is 8.69. The predicted octanol–water partition coefficient (Wildman–Crippen LogP) is 5.64. The molecular formula is C19H19Cl2N5S. The van der Waals surface area contributed by atoms with Crippen molar-refractivity contribution in [3.05, 3.63) is 62.8 Å². The Morgan fingerprint density at radius 2 is 1.85 bits per heavy atom. The van der Waals surface area contributed by atoms with Crippen LogP contribution in [0.1, 0.15) is 19.4 Å². The van der Waals surface area contributed by atoms with Gasteiger partial charge in [-0.05, 0) is 56.4 Å². The van der Waals surface area contributed by atoms with Crippen LogP contribution in [0.2, 0.25) is 10.0 Å². The smallest absolute Gasteiger partial charge is 0.216 e. The zero-order valence-electron chi connectivity index (χ0n) is 15.0. The topological polar surface area (TPSA) is 49.2 Å². The molecule has 2 aromatic carbocycles. The van der Waals surface area contributed by atoms with Crippen LogP contribution in [0.15, 0.2) is 47.6 Å². The third-order valence-electron chi connectivity index (χ3n) is 4.20. The van der Waals surface area contributed by atoms with Gasteiger partial charge in [0.05, 0.1) is 16.3 Å². The Balaban J connectivity index is 1.94. The highest BCUT2D eigenvalue weighted by Crippen LogP contribution is 2.25. The van der Waals surface area contributed by atoms with Gasteiger partial charge in [0.15, 0.2) is 5.82 Å². The Labute approximate surface area is 173 Å². The lowest BCUT2D eigenvalue weighted by Gasteiger charge is -2.20. The SMILES string of the molecule is CCN(CC)c1ccc(-c2n[nH]c(=S)n2N=Cc2cccc(Cl)c2Cl)cc1. The molecule has 27 heavy (non-hydrogen) atoms. The van der Waals surface area contributed by atoms with E-state index in [-0.39, 0.29) is 0 Å². The first-order valence-electron chi connectivity index (χ1n) is 8.56. The predicted molar refractivity (Wildman–Crippen MR) is 116 cm³/mol. The van der Waals surface area contributed by atoms with Gasteiger partial charge in [-0.1, -0.05) is 35.3 Å². The third-order valence-corrected chi connectivity index (χ3v) is 5.30. The number of nitrogens with one attached hydrogen (secondary N) is 1. The summed E-state index contributed by atoms with van der Waals surface area (Å²) in [6.07, 6.45) is 1.62. The van der Waals surface area contributed by atoms with Crippen LogP contribution in [0.25, 0.3) is 11.4 Å². The number of H-pyrrole nitrogens is 1. The van der Waals surface area contributed by atoms with Gasteiger partial charge in [-0.2, -0.15) is 14.9 Å². The Morgan fingerprint density at radius 1 is 1.15 bits per heavy atom. The number of hydrogen-bond acceptors (Lipinski definition) is 4. The number of hydrogen-bond donors (Lipinski definition) is 1. The summed E-state index contributed by atoms with van der Waals surface area (Å²) in [4.78, 5) is 2.28. The van der Waals surface area contributed by atoms with Gasteiger partial charge in [0.1, 0.15) is 0 Å². The zero-order chi connectivity index (χ0) is 19.4. The second-order valence-electron chi connectivity index (χ2n) is 5.77. The quantitative estimate of drug-likeness (QED) is 0.415. The molecule has 0 aliphatic carbocycles. The molecule has 0 aliphatic rings. The minimum Gasteiger partial charge on any atom is -0.372 e. The van der Waals surface area contributed by atoms with E-state index in [1.54, 1.807) is 17.0 Å². The highest BCUT2D eigenvalue weighted by Gasteiger charge is 2.10. The van der Waals surface area contributed by atoms with Crippen molar-refractivity contribution in [1.82, 2.24) is 14.9 Å². The molecule has 1 aromatic heterocycles. The molecule has 0 bridgehead atoms. The van der Waals surface area contributed by atoms with Gasteiger partial charge >= 0.3 is 0 Å². The Kier molecular flexibility index (Phi) is 6.31. The highest BCUT2D eigenvalue weighted by atomic mass is 35.5. The summed E-state index contributed by atoms with van der Waals surface area (Å²) in [5, 5.41) is 12.5. The van der Waals surface area contributed by atoms with Gasteiger partial charge in [0.2, 0.25) is 4.77 Å². The van der Waals surface area contributed by atoms with Gasteiger partial charge in [-0.3, -0.25) is 0 Å². The van der Waals surface area contributed by atoms with E-state index in [1.165, 1.54) is 5.69 Å². The summed E-state index contributed by atoms with van der Waals surface area (Å²) in [6, 6.07) is 13.5. The molecule has 140 valence electrons. The maximum atomic E-state index is 6.22. The average Bonchev–Trinajstić information content (AvgIpc) is 3.05. The summed E-state index contributed by atoms with van der Waals surface area (Å²) < 4.78 is 1.96. The van der Waals surface area contributed by atoms with Crippen molar-refractivity contribution in [2.24, 2.45) is 5.10 Å². The fourth-order valence-corrected chi connectivity index (χ4v) is 3.27. The number of anilines is 1. The largest absolute Gasteiger partial charge is 0.372 e. The number of nitrogens with zero attached hydrogens (tertiary/aromatic N) is 4. The van der Waals surface area contributed by atoms with Gasteiger partial charge in [0.25, 0.3) is 0 Å². The normalized spacial score (nSPS) is 11.3. The summed E-state index contributed by atoms with van der Waals surface area (Å²) in [6.45, 7) is 6.19. The molecule has 0 unspecified atom stereocenters. The minimum atomic E-state index is 0.396. The second-order valence-corrected chi connectivity index (χ2v) is 6.94. The number of benzene rings is 2. The molecule has 0 fully saturated rings.